The Bertz CT molecular complexity index is 577. The van der Waals surface area contributed by atoms with Crippen molar-refractivity contribution < 1.29 is 9.84 Å². The fraction of sp³-hybridized carbons (Fsp3) is 0.765. The van der Waals surface area contributed by atoms with Crippen LogP contribution >= 0.6 is 0 Å². The number of fused-ring (bicyclic) bond motifs is 2. The molecule has 1 N–H and O–H groups in total. The summed E-state index contributed by atoms with van der Waals surface area (Å²) in [6.07, 6.45) is 5.64. The second-order valence-electron chi connectivity index (χ2n) is 7.16. The average molecular weight is 303 g/mol. The summed E-state index contributed by atoms with van der Waals surface area (Å²) in [6, 6.07) is 0. The van der Waals surface area contributed by atoms with Gasteiger partial charge in [-0.3, -0.25) is 0 Å². The van der Waals surface area contributed by atoms with Gasteiger partial charge in [0, 0.05) is 42.4 Å². The van der Waals surface area contributed by atoms with E-state index in [1.165, 1.54) is 24.1 Å². The molecular weight excluding hydrogens is 278 g/mol. The lowest BCUT2D eigenvalue weighted by Crippen LogP contribution is -2.41. The van der Waals surface area contributed by atoms with E-state index >= 15 is 0 Å². The molecule has 4 rings (SSSR count). The van der Waals surface area contributed by atoms with Gasteiger partial charge < -0.3 is 14.7 Å². The van der Waals surface area contributed by atoms with Crippen molar-refractivity contribution in [1.29, 1.82) is 0 Å². The molecule has 2 fully saturated rings. The van der Waals surface area contributed by atoms with Crippen LogP contribution in [0.2, 0.25) is 0 Å². The van der Waals surface area contributed by atoms with Crippen molar-refractivity contribution in [3.63, 3.8) is 0 Å². The number of ether oxygens (including phenoxy) is 1. The predicted molar refractivity (Wildman–Crippen MR) is 84.1 cm³/mol. The van der Waals surface area contributed by atoms with Gasteiger partial charge in [-0.25, -0.2) is 9.97 Å². The molecule has 2 aliphatic heterocycles. The molecule has 22 heavy (non-hydrogen) atoms. The van der Waals surface area contributed by atoms with Crippen molar-refractivity contribution in [3.05, 3.63) is 17.0 Å². The summed E-state index contributed by atoms with van der Waals surface area (Å²) in [7, 11) is 0. The number of aromatic nitrogens is 2. The van der Waals surface area contributed by atoms with Gasteiger partial charge in [-0.15, -0.1) is 0 Å². The Morgan fingerprint density at radius 1 is 1.32 bits per heavy atom. The largest absolute Gasteiger partial charge is 0.396 e. The Labute approximate surface area is 131 Å². The second-order valence-corrected chi connectivity index (χ2v) is 7.16. The van der Waals surface area contributed by atoms with E-state index in [1.807, 2.05) is 0 Å². The smallest absolute Gasteiger partial charge is 0.225 e. The second kappa shape index (κ2) is 5.46. The Morgan fingerprint density at radius 3 is 3.00 bits per heavy atom. The summed E-state index contributed by atoms with van der Waals surface area (Å²) >= 11 is 0. The summed E-state index contributed by atoms with van der Waals surface area (Å²) in [5, 5.41) is 9.94. The van der Waals surface area contributed by atoms with Crippen LogP contribution in [0.5, 0.6) is 0 Å². The number of aliphatic hydroxyl groups is 1. The highest BCUT2D eigenvalue weighted by Gasteiger charge is 2.48. The van der Waals surface area contributed by atoms with Crippen molar-refractivity contribution in [3.8, 4) is 0 Å². The number of rotatable bonds is 2. The number of hydrogen-bond donors (Lipinski definition) is 1. The minimum atomic E-state index is -0.0224. The quantitative estimate of drug-likeness (QED) is 0.897. The van der Waals surface area contributed by atoms with Gasteiger partial charge in [0.15, 0.2) is 0 Å². The summed E-state index contributed by atoms with van der Waals surface area (Å²) in [6.45, 7) is 5.62. The van der Waals surface area contributed by atoms with E-state index in [-0.39, 0.29) is 12.0 Å². The molecule has 0 saturated carbocycles. The first-order valence-electron chi connectivity index (χ1n) is 8.52. The van der Waals surface area contributed by atoms with E-state index in [2.05, 4.69) is 11.8 Å². The molecule has 1 aromatic heterocycles. The molecule has 2 saturated heterocycles. The SMILES string of the molecule is Cc1nc(N2C[C@@H]3COCC[C@]3(CO)C2)nc2c1CCCC2. The van der Waals surface area contributed by atoms with Crippen LogP contribution in [0.4, 0.5) is 5.95 Å². The first kappa shape index (κ1) is 14.4. The minimum absolute atomic E-state index is 0.0224. The highest BCUT2D eigenvalue weighted by atomic mass is 16.5. The molecule has 0 amide bonds. The van der Waals surface area contributed by atoms with E-state index in [4.69, 9.17) is 14.7 Å². The summed E-state index contributed by atoms with van der Waals surface area (Å²) in [5.41, 5.74) is 3.74. The van der Waals surface area contributed by atoms with Crippen LogP contribution in [0.3, 0.4) is 0 Å². The molecule has 0 radical (unpaired) electrons. The molecule has 5 heteroatoms. The van der Waals surface area contributed by atoms with Crippen LogP contribution in [-0.4, -0.2) is 48.0 Å². The van der Waals surface area contributed by atoms with Crippen molar-refractivity contribution >= 4 is 5.95 Å². The van der Waals surface area contributed by atoms with E-state index in [1.54, 1.807) is 0 Å². The topological polar surface area (TPSA) is 58.5 Å². The molecule has 1 aliphatic carbocycles. The van der Waals surface area contributed by atoms with Gasteiger partial charge in [0.2, 0.25) is 5.95 Å². The number of nitrogens with zero attached hydrogens (tertiary/aromatic N) is 3. The van der Waals surface area contributed by atoms with E-state index in [9.17, 15) is 5.11 Å². The molecule has 3 heterocycles. The van der Waals surface area contributed by atoms with Crippen molar-refractivity contribution in [2.75, 3.05) is 37.8 Å². The van der Waals surface area contributed by atoms with Crippen LogP contribution in [0, 0.1) is 18.3 Å². The van der Waals surface area contributed by atoms with E-state index in [0.717, 1.165) is 57.2 Å². The third-order valence-electron chi connectivity index (χ3n) is 5.85. The summed E-state index contributed by atoms with van der Waals surface area (Å²) in [5.74, 6) is 1.26. The fourth-order valence-electron chi connectivity index (χ4n) is 4.36. The molecule has 3 aliphatic rings. The lowest BCUT2D eigenvalue weighted by Gasteiger charge is -2.36. The summed E-state index contributed by atoms with van der Waals surface area (Å²) < 4.78 is 5.63. The molecule has 0 unspecified atom stereocenters. The average Bonchev–Trinajstić information content (AvgIpc) is 2.95. The maximum Gasteiger partial charge on any atom is 0.225 e. The van der Waals surface area contributed by atoms with Crippen LogP contribution in [0.25, 0.3) is 0 Å². The minimum Gasteiger partial charge on any atom is -0.396 e. The van der Waals surface area contributed by atoms with E-state index < -0.39 is 0 Å². The van der Waals surface area contributed by atoms with Crippen LogP contribution in [-0.2, 0) is 17.6 Å². The highest BCUT2D eigenvalue weighted by molar-refractivity contribution is 5.40. The normalized spacial score (nSPS) is 31.0. The third kappa shape index (κ3) is 2.22. The molecule has 120 valence electrons. The zero-order chi connectivity index (χ0) is 15.2. The standard InChI is InChI=1S/C17H25N3O2/c1-12-14-4-2-3-5-15(14)19-16(18-12)20-8-13-9-22-7-6-17(13,10-20)11-21/h13,21H,2-11H2,1H3/t13-,17-/m1/s1. The zero-order valence-corrected chi connectivity index (χ0v) is 13.3. The van der Waals surface area contributed by atoms with E-state index in [0.29, 0.717) is 5.92 Å². The molecule has 2 atom stereocenters. The van der Waals surface area contributed by atoms with Gasteiger partial charge in [-0.1, -0.05) is 0 Å². The molecular formula is C17H25N3O2. The first-order chi connectivity index (χ1) is 10.7. The molecule has 1 aromatic rings. The first-order valence-corrected chi connectivity index (χ1v) is 8.52. The third-order valence-corrected chi connectivity index (χ3v) is 5.85. The maximum atomic E-state index is 9.94. The molecule has 0 bridgehead atoms. The Hall–Kier alpha value is -1.20. The Balaban J connectivity index is 1.64. The van der Waals surface area contributed by atoms with Crippen molar-refractivity contribution in [2.45, 2.75) is 39.0 Å². The highest BCUT2D eigenvalue weighted by Crippen LogP contribution is 2.42. The summed E-state index contributed by atoms with van der Waals surface area (Å²) in [4.78, 5) is 11.9. The lowest BCUT2D eigenvalue weighted by atomic mass is 9.75. The van der Waals surface area contributed by atoms with Crippen LogP contribution in [0.1, 0.15) is 36.2 Å². The number of aryl methyl sites for hydroxylation is 2. The lowest BCUT2D eigenvalue weighted by molar-refractivity contribution is -0.0410. The van der Waals surface area contributed by atoms with Gasteiger partial charge in [0.25, 0.3) is 0 Å². The van der Waals surface area contributed by atoms with Gasteiger partial charge in [-0.2, -0.15) is 0 Å². The predicted octanol–water partition coefficient (Wildman–Crippen LogP) is 1.50. The zero-order valence-electron chi connectivity index (χ0n) is 13.3. The van der Waals surface area contributed by atoms with Crippen LogP contribution in [0.15, 0.2) is 0 Å². The van der Waals surface area contributed by atoms with Gasteiger partial charge >= 0.3 is 0 Å². The Kier molecular flexibility index (Phi) is 3.57. The van der Waals surface area contributed by atoms with Gasteiger partial charge in [0.1, 0.15) is 0 Å². The van der Waals surface area contributed by atoms with Crippen LogP contribution < -0.4 is 4.90 Å². The molecule has 0 aromatic carbocycles. The van der Waals surface area contributed by atoms with Gasteiger partial charge in [0.05, 0.1) is 13.2 Å². The maximum absolute atomic E-state index is 9.94. The number of anilines is 1. The van der Waals surface area contributed by atoms with Gasteiger partial charge in [-0.05, 0) is 44.6 Å². The van der Waals surface area contributed by atoms with Crippen molar-refractivity contribution in [2.24, 2.45) is 11.3 Å². The molecule has 0 spiro atoms. The fourth-order valence-corrected chi connectivity index (χ4v) is 4.36. The van der Waals surface area contributed by atoms with Crippen molar-refractivity contribution in [1.82, 2.24) is 9.97 Å². The Morgan fingerprint density at radius 2 is 2.18 bits per heavy atom. The number of hydrogen-bond acceptors (Lipinski definition) is 5. The number of aliphatic hydroxyl groups excluding tert-OH is 1. The monoisotopic (exact) mass is 303 g/mol. The molecule has 5 nitrogen and oxygen atoms in total.